The molecule has 0 atom stereocenters. The molecule has 9 heavy (non-hydrogen) atoms. The average molecular weight is 138 g/mol. The molecule has 0 aromatic heterocycles. The van der Waals surface area contributed by atoms with E-state index in [9.17, 15) is 4.79 Å². The predicted octanol–water partition coefficient (Wildman–Crippen LogP) is 0.542. The minimum Gasteiger partial charge on any atom is -0.356 e. The Balaban J connectivity index is 0. The molecule has 0 aliphatic heterocycles. The molecule has 0 bridgehead atoms. The van der Waals surface area contributed by atoms with Gasteiger partial charge in [-0.2, -0.15) is 0 Å². The topological polar surface area (TPSA) is 29.1 Å². The second kappa shape index (κ2) is 8.47. The van der Waals surface area contributed by atoms with Crippen LogP contribution in [0, 0.1) is 0 Å². The Morgan fingerprint density at radius 1 is 1.44 bits per heavy atom. The van der Waals surface area contributed by atoms with Crippen LogP contribution in [0.5, 0.6) is 0 Å². The van der Waals surface area contributed by atoms with Crippen LogP contribution in [0.4, 0.5) is 0 Å². The molecule has 0 aromatic carbocycles. The molecule has 0 aromatic rings. The number of rotatable bonds is 3. The van der Waals surface area contributed by atoms with Gasteiger partial charge >= 0.3 is 0 Å². The normalized spacial score (nSPS) is 7.78. The Bertz CT molecular complexity index is 75.5. The molecule has 0 heterocycles. The van der Waals surface area contributed by atoms with Gasteiger partial charge in [-0.05, 0) is 6.42 Å². The third-order valence-corrected chi connectivity index (χ3v) is 0.893. The Labute approximate surface area is 78.7 Å². The van der Waals surface area contributed by atoms with Gasteiger partial charge in [0.05, 0.1) is 0 Å². The van der Waals surface area contributed by atoms with Crippen molar-refractivity contribution < 1.29 is 4.79 Å². The van der Waals surface area contributed by atoms with Gasteiger partial charge in [0.15, 0.2) is 0 Å². The van der Waals surface area contributed by atoms with Crippen molar-refractivity contribution in [2.24, 2.45) is 0 Å². The zero-order valence-corrected chi connectivity index (χ0v) is 8.53. The molecular weight excluding hydrogens is 125 g/mol. The van der Waals surface area contributed by atoms with E-state index in [0.29, 0.717) is 6.42 Å². The molecule has 1 amide bonds. The maximum atomic E-state index is 10.5. The van der Waals surface area contributed by atoms with Crippen molar-refractivity contribution in [1.29, 1.82) is 0 Å². The molecule has 0 spiro atoms. The Morgan fingerprint density at radius 2 is 2.00 bits per heavy atom. The largest absolute Gasteiger partial charge is 0.356 e. The van der Waals surface area contributed by atoms with Gasteiger partial charge in [-0.25, -0.2) is 0 Å². The Morgan fingerprint density at radius 3 is 2.33 bits per heavy atom. The summed E-state index contributed by atoms with van der Waals surface area (Å²) in [5.74, 6) is 0.145. The van der Waals surface area contributed by atoms with Gasteiger partial charge in [-0.15, -0.1) is 0 Å². The summed E-state index contributed by atoms with van der Waals surface area (Å²) in [6.45, 7) is 4.70. The molecule has 0 rings (SSSR count). The van der Waals surface area contributed by atoms with Crippen molar-refractivity contribution in [3.8, 4) is 0 Å². The molecule has 1 radical (unpaired) electrons. The van der Waals surface area contributed by atoms with Gasteiger partial charge in [0, 0.05) is 42.5 Å². The van der Waals surface area contributed by atoms with Crippen LogP contribution in [0.25, 0.3) is 0 Å². The standard InChI is InChI=1S/C6H13NO.Na/c1-3-5-7-6(8)4-2;/h3-5H2,1-2H3,(H,7,8);. The van der Waals surface area contributed by atoms with Crippen molar-refractivity contribution in [2.45, 2.75) is 26.7 Å². The van der Waals surface area contributed by atoms with E-state index >= 15 is 0 Å². The van der Waals surface area contributed by atoms with E-state index in [1.807, 2.05) is 13.8 Å². The van der Waals surface area contributed by atoms with Gasteiger partial charge in [-0.1, -0.05) is 13.8 Å². The molecule has 0 aliphatic rings. The maximum Gasteiger partial charge on any atom is 0.219 e. The number of nitrogens with one attached hydrogen (secondary N) is 1. The van der Waals surface area contributed by atoms with Crippen molar-refractivity contribution in [1.82, 2.24) is 5.32 Å². The van der Waals surface area contributed by atoms with Crippen LogP contribution in [-0.4, -0.2) is 42.0 Å². The zero-order chi connectivity index (χ0) is 6.41. The minimum absolute atomic E-state index is 0. The van der Waals surface area contributed by atoms with Crippen LogP contribution in [0.1, 0.15) is 26.7 Å². The summed E-state index contributed by atoms with van der Waals surface area (Å²) < 4.78 is 0. The first-order valence-electron chi connectivity index (χ1n) is 3.08. The van der Waals surface area contributed by atoms with Crippen LogP contribution < -0.4 is 5.32 Å². The molecule has 0 saturated heterocycles. The summed E-state index contributed by atoms with van der Waals surface area (Å²) in [4.78, 5) is 10.5. The van der Waals surface area contributed by atoms with Gasteiger partial charge in [-0.3, -0.25) is 4.79 Å². The zero-order valence-electron chi connectivity index (χ0n) is 6.53. The van der Waals surface area contributed by atoms with Crippen LogP contribution in [0.15, 0.2) is 0 Å². The van der Waals surface area contributed by atoms with Crippen molar-refractivity contribution in [3.63, 3.8) is 0 Å². The summed E-state index contributed by atoms with van der Waals surface area (Å²) >= 11 is 0. The SMILES string of the molecule is CCCNC(=O)CC.[Na]. The predicted molar refractivity (Wildman–Crippen MR) is 39.3 cm³/mol. The van der Waals surface area contributed by atoms with Crippen molar-refractivity contribution in [3.05, 3.63) is 0 Å². The second-order valence-corrected chi connectivity index (χ2v) is 1.70. The number of carbonyl (C=O) groups excluding carboxylic acids is 1. The third kappa shape index (κ3) is 8.47. The van der Waals surface area contributed by atoms with Gasteiger partial charge in [0.2, 0.25) is 5.91 Å². The maximum absolute atomic E-state index is 10.5. The van der Waals surface area contributed by atoms with Gasteiger partial charge in [0.1, 0.15) is 0 Å². The van der Waals surface area contributed by atoms with Crippen molar-refractivity contribution >= 4 is 35.5 Å². The third-order valence-electron chi connectivity index (χ3n) is 0.893. The smallest absolute Gasteiger partial charge is 0.219 e. The van der Waals surface area contributed by atoms with E-state index in [1.54, 1.807) is 0 Å². The van der Waals surface area contributed by atoms with E-state index in [0.717, 1.165) is 13.0 Å². The molecule has 3 heteroatoms. The van der Waals surface area contributed by atoms with Crippen molar-refractivity contribution in [2.75, 3.05) is 6.54 Å². The van der Waals surface area contributed by atoms with Crippen LogP contribution in [-0.2, 0) is 4.79 Å². The fraction of sp³-hybridized carbons (Fsp3) is 0.833. The van der Waals surface area contributed by atoms with Crippen LogP contribution in [0.2, 0.25) is 0 Å². The fourth-order valence-corrected chi connectivity index (χ4v) is 0.389. The summed E-state index contributed by atoms with van der Waals surface area (Å²) in [5.41, 5.74) is 0. The summed E-state index contributed by atoms with van der Waals surface area (Å²) in [5, 5.41) is 2.74. The van der Waals surface area contributed by atoms with E-state index in [4.69, 9.17) is 0 Å². The monoisotopic (exact) mass is 138 g/mol. The number of amides is 1. The Kier molecular flexibility index (Phi) is 11.5. The Hall–Kier alpha value is 0.470. The van der Waals surface area contributed by atoms with Crippen LogP contribution in [0.3, 0.4) is 0 Å². The molecule has 0 unspecified atom stereocenters. The first-order chi connectivity index (χ1) is 3.81. The van der Waals surface area contributed by atoms with E-state index in [-0.39, 0.29) is 35.5 Å². The quantitative estimate of drug-likeness (QED) is 0.567. The molecular formula is C6H13NNaO. The molecule has 0 saturated carbocycles. The second-order valence-electron chi connectivity index (χ2n) is 1.70. The van der Waals surface area contributed by atoms with Gasteiger partial charge in [0.25, 0.3) is 0 Å². The minimum atomic E-state index is 0. The molecule has 2 nitrogen and oxygen atoms in total. The average Bonchev–Trinajstić information content (AvgIpc) is 1.83. The summed E-state index contributed by atoms with van der Waals surface area (Å²) in [6, 6.07) is 0. The number of hydrogen-bond donors (Lipinski definition) is 1. The fourth-order valence-electron chi connectivity index (χ4n) is 0.389. The van der Waals surface area contributed by atoms with E-state index in [2.05, 4.69) is 5.32 Å². The van der Waals surface area contributed by atoms with E-state index in [1.165, 1.54) is 0 Å². The molecule has 49 valence electrons. The summed E-state index contributed by atoms with van der Waals surface area (Å²) in [7, 11) is 0. The first-order valence-corrected chi connectivity index (χ1v) is 3.08. The molecule has 1 N–H and O–H groups in total. The van der Waals surface area contributed by atoms with E-state index < -0.39 is 0 Å². The van der Waals surface area contributed by atoms with Crippen LogP contribution >= 0.6 is 0 Å². The van der Waals surface area contributed by atoms with Gasteiger partial charge < -0.3 is 5.32 Å². The summed E-state index contributed by atoms with van der Waals surface area (Å²) in [6.07, 6.45) is 1.62. The number of carbonyl (C=O) groups is 1. The number of hydrogen-bond acceptors (Lipinski definition) is 1. The first kappa shape index (κ1) is 12.2. The molecule has 0 fully saturated rings. The molecule has 0 aliphatic carbocycles.